The highest BCUT2D eigenvalue weighted by molar-refractivity contribution is 5.78. The first-order valence-corrected chi connectivity index (χ1v) is 6.98. The first-order chi connectivity index (χ1) is 10.1. The number of nitrogens with zero attached hydrogens (tertiary/aromatic N) is 4. The second-order valence-electron chi connectivity index (χ2n) is 5.27. The molecule has 108 valence electrons. The molecule has 0 spiro atoms. The number of aliphatic hydroxyl groups excluding tert-OH is 1. The summed E-state index contributed by atoms with van der Waals surface area (Å²) in [6.07, 6.45) is 4.28. The lowest BCUT2D eigenvalue weighted by molar-refractivity contribution is 0.298. The van der Waals surface area contributed by atoms with Gasteiger partial charge in [0.2, 0.25) is 0 Å². The average Bonchev–Trinajstić information content (AvgIpc) is 2.89. The second kappa shape index (κ2) is 5.26. The van der Waals surface area contributed by atoms with Crippen LogP contribution in [0.1, 0.15) is 22.6 Å². The van der Waals surface area contributed by atoms with E-state index in [1.165, 1.54) is 0 Å². The number of aryl methyl sites for hydroxylation is 3. The molecule has 1 aromatic carbocycles. The second-order valence-corrected chi connectivity index (χ2v) is 5.27. The lowest BCUT2D eigenvalue weighted by Gasteiger charge is -2.09. The Hall–Kier alpha value is -2.27. The Balaban J connectivity index is 2.13. The summed E-state index contributed by atoms with van der Waals surface area (Å²) in [6, 6.07) is 4.09. The molecule has 1 N–H and O–H groups in total. The maximum atomic E-state index is 8.98. The zero-order chi connectivity index (χ0) is 15.0. The Morgan fingerprint density at radius 3 is 2.38 bits per heavy atom. The molecule has 0 amide bonds. The minimum atomic E-state index is 0.109. The van der Waals surface area contributed by atoms with Crippen LogP contribution in [0.5, 0.6) is 0 Å². The lowest BCUT2D eigenvalue weighted by Crippen LogP contribution is -1.99. The van der Waals surface area contributed by atoms with E-state index in [0.717, 1.165) is 39.4 Å². The molecule has 21 heavy (non-hydrogen) atoms. The third kappa shape index (κ3) is 2.52. The summed E-state index contributed by atoms with van der Waals surface area (Å²) >= 11 is 0. The summed E-state index contributed by atoms with van der Waals surface area (Å²) < 4.78 is 1.97. The van der Waals surface area contributed by atoms with E-state index in [4.69, 9.17) is 5.11 Å². The van der Waals surface area contributed by atoms with E-state index in [1.807, 2.05) is 30.7 Å². The Labute approximate surface area is 123 Å². The predicted octanol–water partition coefficient (Wildman–Crippen LogP) is 2.28. The first-order valence-electron chi connectivity index (χ1n) is 6.98. The van der Waals surface area contributed by atoms with Gasteiger partial charge >= 0.3 is 0 Å². The first kappa shape index (κ1) is 13.7. The van der Waals surface area contributed by atoms with Crippen molar-refractivity contribution in [2.24, 2.45) is 0 Å². The molecule has 5 heteroatoms. The molecule has 3 rings (SSSR count). The molecule has 0 aliphatic rings. The average molecular weight is 282 g/mol. The van der Waals surface area contributed by atoms with Crippen molar-refractivity contribution in [3.63, 3.8) is 0 Å². The molecule has 2 heterocycles. The quantitative estimate of drug-likeness (QED) is 0.800. The van der Waals surface area contributed by atoms with Crippen LogP contribution in [0.15, 0.2) is 24.7 Å². The lowest BCUT2D eigenvalue weighted by atomic mass is 10.1. The number of aromatic nitrogens is 4. The van der Waals surface area contributed by atoms with Crippen molar-refractivity contribution in [1.82, 2.24) is 19.5 Å². The molecular weight excluding hydrogens is 264 g/mol. The van der Waals surface area contributed by atoms with E-state index in [0.29, 0.717) is 6.42 Å². The zero-order valence-electron chi connectivity index (χ0n) is 12.5. The molecule has 3 aromatic rings. The van der Waals surface area contributed by atoms with Gasteiger partial charge in [-0.2, -0.15) is 0 Å². The predicted molar refractivity (Wildman–Crippen MR) is 81.7 cm³/mol. The summed E-state index contributed by atoms with van der Waals surface area (Å²) in [5, 5.41) is 8.98. The van der Waals surface area contributed by atoms with Crippen LogP contribution in [0.2, 0.25) is 0 Å². The summed E-state index contributed by atoms with van der Waals surface area (Å²) in [7, 11) is 0. The SMILES string of the molecule is Cc1cc2nc(C)c(C)nc2cc1-n1cnc(CCO)c1. The number of benzene rings is 1. The Bertz CT molecular complexity index is 807. The zero-order valence-corrected chi connectivity index (χ0v) is 12.5. The van der Waals surface area contributed by atoms with Crippen LogP contribution < -0.4 is 0 Å². The maximum absolute atomic E-state index is 8.98. The molecule has 0 atom stereocenters. The normalized spacial score (nSPS) is 11.2. The fourth-order valence-corrected chi connectivity index (χ4v) is 2.39. The van der Waals surface area contributed by atoms with Crippen molar-refractivity contribution < 1.29 is 5.11 Å². The number of hydrogen-bond acceptors (Lipinski definition) is 4. The molecule has 0 aliphatic carbocycles. The molecule has 5 nitrogen and oxygen atoms in total. The van der Waals surface area contributed by atoms with Gasteiger partial charge in [-0.3, -0.25) is 0 Å². The number of aliphatic hydroxyl groups is 1. The van der Waals surface area contributed by atoms with Crippen molar-refractivity contribution in [3.8, 4) is 5.69 Å². The molecule has 0 aliphatic heterocycles. The summed E-state index contributed by atoms with van der Waals surface area (Å²) in [6.45, 7) is 6.11. The fourth-order valence-electron chi connectivity index (χ4n) is 2.39. The van der Waals surface area contributed by atoms with E-state index in [-0.39, 0.29) is 6.61 Å². The third-order valence-electron chi connectivity index (χ3n) is 3.68. The van der Waals surface area contributed by atoms with Crippen LogP contribution in [0.4, 0.5) is 0 Å². The topological polar surface area (TPSA) is 63.8 Å². The van der Waals surface area contributed by atoms with Crippen molar-refractivity contribution in [2.45, 2.75) is 27.2 Å². The molecular formula is C16H18N4O. The van der Waals surface area contributed by atoms with Crippen molar-refractivity contribution in [3.05, 3.63) is 47.3 Å². The van der Waals surface area contributed by atoms with Crippen LogP contribution in [0.3, 0.4) is 0 Å². The van der Waals surface area contributed by atoms with Gasteiger partial charge in [0.05, 0.1) is 40.1 Å². The van der Waals surface area contributed by atoms with Crippen molar-refractivity contribution in [1.29, 1.82) is 0 Å². The van der Waals surface area contributed by atoms with Crippen LogP contribution in [0, 0.1) is 20.8 Å². The highest BCUT2D eigenvalue weighted by Crippen LogP contribution is 2.21. The summed E-state index contributed by atoms with van der Waals surface area (Å²) in [5.74, 6) is 0. The number of imidazole rings is 1. The Kier molecular flexibility index (Phi) is 3.43. The largest absolute Gasteiger partial charge is 0.396 e. The minimum Gasteiger partial charge on any atom is -0.396 e. The van der Waals surface area contributed by atoms with Gasteiger partial charge in [-0.05, 0) is 38.5 Å². The van der Waals surface area contributed by atoms with Gasteiger partial charge in [-0.25, -0.2) is 15.0 Å². The van der Waals surface area contributed by atoms with Gasteiger partial charge in [0.25, 0.3) is 0 Å². The van der Waals surface area contributed by atoms with Gasteiger partial charge in [0.15, 0.2) is 0 Å². The van der Waals surface area contributed by atoms with E-state index in [1.54, 1.807) is 6.33 Å². The molecule has 0 bridgehead atoms. The van der Waals surface area contributed by atoms with E-state index in [2.05, 4.69) is 27.9 Å². The van der Waals surface area contributed by atoms with Crippen molar-refractivity contribution in [2.75, 3.05) is 6.61 Å². The van der Waals surface area contributed by atoms with Crippen LogP contribution in [-0.4, -0.2) is 31.2 Å². The van der Waals surface area contributed by atoms with Gasteiger partial charge in [0.1, 0.15) is 0 Å². The third-order valence-corrected chi connectivity index (χ3v) is 3.68. The number of rotatable bonds is 3. The highest BCUT2D eigenvalue weighted by Gasteiger charge is 2.08. The Morgan fingerprint density at radius 1 is 1.05 bits per heavy atom. The number of hydrogen-bond donors (Lipinski definition) is 1. The molecule has 0 fully saturated rings. The van der Waals surface area contributed by atoms with Crippen LogP contribution >= 0.6 is 0 Å². The fraction of sp³-hybridized carbons (Fsp3) is 0.312. The molecule has 0 unspecified atom stereocenters. The standard InChI is InChI=1S/C16H18N4O/c1-10-6-14-15(19-12(3)11(2)18-14)7-16(10)20-8-13(4-5-21)17-9-20/h6-9,21H,4-5H2,1-3H3. The monoisotopic (exact) mass is 282 g/mol. The molecule has 0 radical (unpaired) electrons. The van der Waals surface area contributed by atoms with Gasteiger partial charge in [-0.1, -0.05) is 0 Å². The van der Waals surface area contributed by atoms with Crippen LogP contribution in [0.25, 0.3) is 16.7 Å². The molecule has 2 aromatic heterocycles. The smallest absolute Gasteiger partial charge is 0.0995 e. The molecule has 0 saturated carbocycles. The molecule has 0 saturated heterocycles. The van der Waals surface area contributed by atoms with Gasteiger partial charge in [-0.15, -0.1) is 0 Å². The number of fused-ring (bicyclic) bond motifs is 1. The summed E-state index contributed by atoms with van der Waals surface area (Å²) in [4.78, 5) is 13.5. The van der Waals surface area contributed by atoms with Crippen LogP contribution in [-0.2, 0) is 6.42 Å². The highest BCUT2D eigenvalue weighted by atomic mass is 16.3. The van der Waals surface area contributed by atoms with E-state index < -0.39 is 0 Å². The van der Waals surface area contributed by atoms with E-state index in [9.17, 15) is 0 Å². The minimum absolute atomic E-state index is 0.109. The summed E-state index contributed by atoms with van der Waals surface area (Å²) in [5.41, 5.74) is 6.74. The maximum Gasteiger partial charge on any atom is 0.0995 e. The Morgan fingerprint density at radius 2 is 1.71 bits per heavy atom. The van der Waals surface area contributed by atoms with Gasteiger partial charge in [0, 0.05) is 19.2 Å². The van der Waals surface area contributed by atoms with Crippen molar-refractivity contribution >= 4 is 11.0 Å². The van der Waals surface area contributed by atoms with E-state index >= 15 is 0 Å². The van der Waals surface area contributed by atoms with Gasteiger partial charge < -0.3 is 9.67 Å².